The summed E-state index contributed by atoms with van der Waals surface area (Å²) in [6.07, 6.45) is 5.27. The lowest BCUT2D eigenvalue weighted by Crippen LogP contribution is -2.36. The third kappa shape index (κ3) is 5.17. The number of urea groups is 1. The molecule has 0 spiro atoms. The fourth-order valence-electron chi connectivity index (χ4n) is 4.17. The van der Waals surface area contributed by atoms with E-state index in [1.165, 1.54) is 29.7 Å². The van der Waals surface area contributed by atoms with E-state index in [1.54, 1.807) is 0 Å². The van der Waals surface area contributed by atoms with Crippen LogP contribution in [0, 0.1) is 13.8 Å². The summed E-state index contributed by atoms with van der Waals surface area (Å²) >= 11 is 1.50. The highest BCUT2D eigenvalue weighted by Crippen LogP contribution is 2.28. The van der Waals surface area contributed by atoms with E-state index in [2.05, 4.69) is 31.9 Å². The minimum atomic E-state index is -0.169. The summed E-state index contributed by atoms with van der Waals surface area (Å²) in [5.74, 6) is -0.00999. The molecule has 0 radical (unpaired) electrons. The number of nitrogens with zero attached hydrogens (tertiary/aromatic N) is 2. The number of nitrogens with one attached hydrogen (secondary N) is 3. The predicted octanol–water partition coefficient (Wildman–Crippen LogP) is 3.82. The molecule has 2 aromatic rings. The Kier molecular flexibility index (Phi) is 6.34. The van der Waals surface area contributed by atoms with Gasteiger partial charge in [-0.3, -0.25) is 15.0 Å². The van der Waals surface area contributed by atoms with Crippen LogP contribution in [0.3, 0.4) is 0 Å². The number of carbonyl (C=O) groups excluding carboxylic acids is 2. The molecule has 0 unspecified atom stereocenters. The molecule has 7 nitrogen and oxygen atoms in total. The Balaban J connectivity index is 1.30. The standard InChI is InChI=1S/C22H29N5O2S/c1-14-7-8-17(15(2)11-14)24-20(28)13-27-10-9-18-19(12-27)30-22(25-18)26-21(29)23-16-5-3-4-6-16/h7-8,11,16H,3-6,9-10,12-13H2,1-2H3,(H,24,28)(H2,23,25,26,29). The smallest absolute Gasteiger partial charge is 0.321 e. The number of hydrogen-bond donors (Lipinski definition) is 3. The number of anilines is 2. The zero-order chi connectivity index (χ0) is 21.1. The van der Waals surface area contributed by atoms with Crippen LogP contribution in [0.15, 0.2) is 18.2 Å². The molecule has 0 bridgehead atoms. The summed E-state index contributed by atoms with van der Waals surface area (Å²) in [5, 5.41) is 9.56. The first-order valence-electron chi connectivity index (χ1n) is 10.6. The van der Waals surface area contributed by atoms with Crippen molar-refractivity contribution < 1.29 is 9.59 Å². The molecule has 0 atom stereocenters. The highest BCUT2D eigenvalue weighted by atomic mass is 32.1. The number of carbonyl (C=O) groups is 2. The molecule has 8 heteroatoms. The van der Waals surface area contributed by atoms with Gasteiger partial charge in [0, 0.05) is 36.1 Å². The molecule has 160 valence electrons. The molecule has 1 aliphatic carbocycles. The SMILES string of the molecule is Cc1ccc(NC(=O)CN2CCc3nc(NC(=O)NC4CCCC4)sc3C2)c(C)c1. The van der Waals surface area contributed by atoms with E-state index >= 15 is 0 Å². The van der Waals surface area contributed by atoms with Gasteiger partial charge >= 0.3 is 6.03 Å². The summed E-state index contributed by atoms with van der Waals surface area (Å²) in [7, 11) is 0. The first kappa shape index (κ1) is 20.8. The van der Waals surface area contributed by atoms with Crippen LogP contribution < -0.4 is 16.0 Å². The van der Waals surface area contributed by atoms with Crippen molar-refractivity contribution in [2.24, 2.45) is 0 Å². The van der Waals surface area contributed by atoms with Gasteiger partial charge in [-0.05, 0) is 38.3 Å². The van der Waals surface area contributed by atoms with Crippen molar-refractivity contribution in [3.63, 3.8) is 0 Å². The van der Waals surface area contributed by atoms with Gasteiger partial charge in [0.25, 0.3) is 0 Å². The van der Waals surface area contributed by atoms with E-state index in [0.29, 0.717) is 18.2 Å². The predicted molar refractivity (Wildman–Crippen MR) is 120 cm³/mol. The summed E-state index contributed by atoms with van der Waals surface area (Å²) in [6, 6.07) is 6.14. The van der Waals surface area contributed by atoms with Crippen LogP contribution in [-0.4, -0.2) is 41.0 Å². The minimum absolute atomic E-state index is 0.00999. The Morgan fingerprint density at radius 3 is 2.77 bits per heavy atom. The lowest BCUT2D eigenvalue weighted by Gasteiger charge is -2.25. The van der Waals surface area contributed by atoms with Crippen molar-refractivity contribution in [3.8, 4) is 0 Å². The number of fused-ring (bicyclic) bond motifs is 1. The van der Waals surface area contributed by atoms with E-state index in [0.717, 1.165) is 47.6 Å². The van der Waals surface area contributed by atoms with Gasteiger partial charge in [-0.1, -0.05) is 30.5 Å². The molecule has 2 heterocycles. The molecule has 1 fully saturated rings. The van der Waals surface area contributed by atoms with E-state index < -0.39 is 0 Å². The van der Waals surface area contributed by atoms with Gasteiger partial charge in [0.2, 0.25) is 5.91 Å². The summed E-state index contributed by atoms with van der Waals surface area (Å²) < 4.78 is 0. The highest BCUT2D eigenvalue weighted by molar-refractivity contribution is 7.15. The van der Waals surface area contributed by atoms with Gasteiger partial charge < -0.3 is 10.6 Å². The Bertz CT molecular complexity index is 936. The van der Waals surface area contributed by atoms with Crippen LogP contribution in [0.5, 0.6) is 0 Å². The van der Waals surface area contributed by atoms with Crippen LogP contribution in [0.25, 0.3) is 0 Å². The molecule has 1 saturated carbocycles. The maximum Gasteiger partial charge on any atom is 0.321 e. The highest BCUT2D eigenvalue weighted by Gasteiger charge is 2.24. The van der Waals surface area contributed by atoms with Gasteiger partial charge in [0.1, 0.15) is 0 Å². The lowest BCUT2D eigenvalue weighted by molar-refractivity contribution is -0.117. The second-order valence-corrected chi connectivity index (χ2v) is 9.38. The molecule has 1 aliphatic heterocycles. The van der Waals surface area contributed by atoms with Gasteiger partial charge in [-0.2, -0.15) is 0 Å². The molecule has 1 aromatic heterocycles. The third-order valence-corrected chi connectivity index (χ3v) is 6.74. The molecule has 3 N–H and O–H groups in total. The maximum absolute atomic E-state index is 12.5. The van der Waals surface area contributed by atoms with Crippen molar-refractivity contribution in [1.29, 1.82) is 0 Å². The maximum atomic E-state index is 12.5. The number of benzene rings is 1. The molecule has 3 amide bonds. The number of aromatic nitrogens is 1. The second-order valence-electron chi connectivity index (χ2n) is 8.30. The van der Waals surface area contributed by atoms with Crippen molar-refractivity contribution in [3.05, 3.63) is 39.9 Å². The van der Waals surface area contributed by atoms with E-state index in [9.17, 15) is 9.59 Å². The molecular formula is C22H29N5O2S. The van der Waals surface area contributed by atoms with Gasteiger partial charge in [-0.25, -0.2) is 9.78 Å². The minimum Gasteiger partial charge on any atom is -0.335 e. The zero-order valence-corrected chi connectivity index (χ0v) is 18.4. The van der Waals surface area contributed by atoms with Gasteiger partial charge in [0.05, 0.1) is 12.2 Å². The Morgan fingerprint density at radius 1 is 1.20 bits per heavy atom. The first-order valence-corrected chi connectivity index (χ1v) is 11.4. The summed E-state index contributed by atoms with van der Waals surface area (Å²) in [6.45, 7) is 5.85. The average molecular weight is 428 g/mol. The van der Waals surface area contributed by atoms with Crippen LogP contribution >= 0.6 is 11.3 Å². The van der Waals surface area contributed by atoms with Gasteiger partial charge in [-0.15, -0.1) is 11.3 Å². The van der Waals surface area contributed by atoms with E-state index in [1.807, 2.05) is 26.0 Å². The molecule has 1 aromatic carbocycles. The number of hydrogen-bond acceptors (Lipinski definition) is 5. The molecule has 4 rings (SSSR count). The van der Waals surface area contributed by atoms with Crippen molar-refractivity contribution >= 4 is 34.1 Å². The van der Waals surface area contributed by atoms with Crippen molar-refractivity contribution in [1.82, 2.24) is 15.2 Å². The Labute approximate surface area is 181 Å². The Hall–Kier alpha value is -2.45. The van der Waals surface area contributed by atoms with Crippen LogP contribution in [0.4, 0.5) is 15.6 Å². The van der Waals surface area contributed by atoms with E-state index in [4.69, 9.17) is 0 Å². The number of amides is 3. The fraction of sp³-hybridized carbons (Fsp3) is 0.500. The summed E-state index contributed by atoms with van der Waals surface area (Å²) in [5.41, 5.74) is 4.14. The van der Waals surface area contributed by atoms with Crippen LogP contribution in [0.2, 0.25) is 0 Å². The summed E-state index contributed by atoms with van der Waals surface area (Å²) in [4.78, 5) is 32.5. The van der Waals surface area contributed by atoms with Crippen LogP contribution in [0.1, 0.15) is 47.4 Å². The largest absolute Gasteiger partial charge is 0.335 e. The van der Waals surface area contributed by atoms with Crippen molar-refractivity contribution in [2.45, 2.75) is 58.5 Å². The third-order valence-electron chi connectivity index (χ3n) is 5.74. The number of aryl methyl sites for hydroxylation is 2. The van der Waals surface area contributed by atoms with Crippen molar-refractivity contribution in [2.75, 3.05) is 23.7 Å². The number of rotatable bonds is 5. The molecule has 30 heavy (non-hydrogen) atoms. The normalized spacial score (nSPS) is 16.9. The number of thiazole rings is 1. The topological polar surface area (TPSA) is 86.4 Å². The quantitative estimate of drug-likeness (QED) is 0.677. The second kappa shape index (κ2) is 9.14. The molecule has 0 saturated heterocycles. The Morgan fingerprint density at radius 2 is 2.00 bits per heavy atom. The first-order chi connectivity index (χ1) is 14.5. The monoisotopic (exact) mass is 427 g/mol. The van der Waals surface area contributed by atoms with Gasteiger partial charge in [0.15, 0.2) is 5.13 Å². The lowest BCUT2D eigenvalue weighted by atomic mass is 10.1. The average Bonchev–Trinajstić information content (AvgIpc) is 3.32. The van der Waals surface area contributed by atoms with E-state index in [-0.39, 0.29) is 18.0 Å². The van der Waals surface area contributed by atoms with Crippen LogP contribution in [-0.2, 0) is 17.8 Å². The fourth-order valence-corrected chi connectivity index (χ4v) is 5.22. The zero-order valence-electron chi connectivity index (χ0n) is 17.6. The molecule has 2 aliphatic rings. The molecular weight excluding hydrogens is 398 g/mol.